The van der Waals surface area contributed by atoms with E-state index in [1.807, 2.05) is 19.1 Å². The fourth-order valence-corrected chi connectivity index (χ4v) is 1.50. The van der Waals surface area contributed by atoms with Crippen molar-refractivity contribution >= 4 is 34.6 Å². The lowest BCUT2D eigenvalue weighted by Gasteiger charge is -1.93. The van der Waals surface area contributed by atoms with Crippen LogP contribution >= 0.6 is 23.4 Å². The molecule has 0 aliphatic heterocycles. The monoisotopic (exact) mass is 226 g/mol. The Kier molecular flexibility index (Phi) is 4.77. The predicted octanol–water partition coefficient (Wildman–Crippen LogP) is 3.63. The van der Waals surface area contributed by atoms with Crippen LogP contribution < -0.4 is 0 Å². The van der Waals surface area contributed by atoms with Crippen LogP contribution in [0.3, 0.4) is 0 Å². The summed E-state index contributed by atoms with van der Waals surface area (Å²) >= 11 is 7.03. The molecule has 0 saturated heterocycles. The molecule has 0 amide bonds. The van der Waals surface area contributed by atoms with Crippen molar-refractivity contribution in [1.82, 2.24) is 0 Å². The summed E-state index contributed by atoms with van der Waals surface area (Å²) in [6.45, 7) is 1.96. The number of hydrogen-bond acceptors (Lipinski definition) is 2. The van der Waals surface area contributed by atoms with Gasteiger partial charge in [0.15, 0.2) is 0 Å². The van der Waals surface area contributed by atoms with Gasteiger partial charge in [-0.1, -0.05) is 48.5 Å². The van der Waals surface area contributed by atoms with Crippen LogP contribution in [0.15, 0.2) is 30.3 Å². The molecule has 1 aromatic carbocycles. The van der Waals surface area contributed by atoms with Gasteiger partial charge in [-0.3, -0.25) is 4.79 Å². The van der Waals surface area contributed by atoms with Crippen molar-refractivity contribution in [1.29, 1.82) is 0 Å². The van der Waals surface area contributed by atoms with E-state index in [0.29, 0.717) is 5.02 Å². The van der Waals surface area contributed by atoms with E-state index in [4.69, 9.17) is 11.6 Å². The Morgan fingerprint density at radius 2 is 2.07 bits per heavy atom. The Morgan fingerprint density at radius 1 is 1.43 bits per heavy atom. The second-order valence-corrected chi connectivity index (χ2v) is 4.34. The summed E-state index contributed by atoms with van der Waals surface area (Å²) in [5, 5.41) is 0.791. The van der Waals surface area contributed by atoms with Gasteiger partial charge < -0.3 is 0 Å². The quantitative estimate of drug-likeness (QED) is 0.733. The molecule has 0 aliphatic rings. The zero-order valence-corrected chi connectivity index (χ0v) is 9.44. The second-order valence-electron chi connectivity index (χ2n) is 2.64. The van der Waals surface area contributed by atoms with Crippen LogP contribution in [0.2, 0.25) is 5.02 Å². The molecule has 1 rings (SSSR count). The zero-order valence-electron chi connectivity index (χ0n) is 7.87. The van der Waals surface area contributed by atoms with Gasteiger partial charge in [-0.05, 0) is 29.5 Å². The number of hydrogen-bond donors (Lipinski definition) is 0. The maximum atomic E-state index is 11.1. The van der Waals surface area contributed by atoms with Crippen LogP contribution in [0, 0.1) is 0 Å². The molecule has 0 fully saturated rings. The number of benzene rings is 1. The van der Waals surface area contributed by atoms with Crippen molar-refractivity contribution in [3.8, 4) is 0 Å². The largest absolute Gasteiger partial charge is 0.282 e. The lowest BCUT2D eigenvalue weighted by atomic mass is 10.2. The first-order valence-corrected chi connectivity index (χ1v) is 5.69. The summed E-state index contributed by atoms with van der Waals surface area (Å²) in [7, 11) is 0. The highest BCUT2D eigenvalue weighted by atomic mass is 35.5. The van der Waals surface area contributed by atoms with E-state index in [2.05, 4.69) is 0 Å². The highest BCUT2D eigenvalue weighted by Crippen LogP contribution is 2.11. The molecule has 0 radical (unpaired) electrons. The third-order valence-electron chi connectivity index (χ3n) is 1.57. The first-order chi connectivity index (χ1) is 6.72. The summed E-state index contributed by atoms with van der Waals surface area (Å²) in [5.41, 5.74) is 0.986. The molecule has 0 saturated carbocycles. The minimum Gasteiger partial charge on any atom is -0.282 e. The third-order valence-corrected chi connectivity index (χ3v) is 2.53. The Hall–Kier alpha value is -0.730. The van der Waals surface area contributed by atoms with Gasteiger partial charge in [-0.2, -0.15) is 0 Å². The van der Waals surface area contributed by atoms with Crippen LogP contribution in [0.1, 0.15) is 12.5 Å². The smallest absolute Gasteiger partial charge is 0.212 e. The SMILES string of the molecule is CCSC(=O)/C=C/c1ccc(Cl)cc1. The summed E-state index contributed by atoms with van der Waals surface area (Å²) in [5.74, 6) is 0.809. The Morgan fingerprint density at radius 3 is 2.64 bits per heavy atom. The van der Waals surface area contributed by atoms with Gasteiger partial charge in [0.05, 0.1) is 0 Å². The predicted molar refractivity (Wildman–Crippen MR) is 63.6 cm³/mol. The number of carbonyl (C=O) groups is 1. The molecule has 1 aromatic rings. The number of thioether (sulfide) groups is 1. The average Bonchev–Trinajstić information content (AvgIpc) is 2.17. The highest BCUT2D eigenvalue weighted by molar-refractivity contribution is 8.14. The topological polar surface area (TPSA) is 17.1 Å². The molecule has 14 heavy (non-hydrogen) atoms. The van der Waals surface area contributed by atoms with Gasteiger partial charge in [0, 0.05) is 5.02 Å². The molecule has 1 nitrogen and oxygen atoms in total. The van der Waals surface area contributed by atoms with Crippen LogP contribution in [-0.2, 0) is 4.79 Å². The number of halogens is 1. The maximum Gasteiger partial charge on any atom is 0.212 e. The third kappa shape index (κ3) is 3.99. The van der Waals surface area contributed by atoms with Crippen molar-refractivity contribution < 1.29 is 4.79 Å². The van der Waals surface area contributed by atoms with Crippen molar-refractivity contribution in [3.63, 3.8) is 0 Å². The van der Waals surface area contributed by atoms with Gasteiger partial charge in [0.1, 0.15) is 0 Å². The van der Waals surface area contributed by atoms with Crippen molar-refractivity contribution in [2.45, 2.75) is 6.92 Å². The van der Waals surface area contributed by atoms with Crippen molar-refractivity contribution in [2.24, 2.45) is 0 Å². The maximum absolute atomic E-state index is 11.1. The van der Waals surface area contributed by atoms with E-state index >= 15 is 0 Å². The number of rotatable bonds is 3. The van der Waals surface area contributed by atoms with Crippen LogP contribution in [0.25, 0.3) is 6.08 Å². The summed E-state index contributed by atoms with van der Waals surface area (Å²) in [6.07, 6.45) is 3.37. The lowest BCUT2D eigenvalue weighted by Crippen LogP contribution is -1.84. The van der Waals surface area contributed by atoms with Gasteiger partial charge in [-0.15, -0.1) is 0 Å². The van der Waals surface area contributed by atoms with Crippen LogP contribution in [0.4, 0.5) is 0 Å². The van der Waals surface area contributed by atoms with Crippen LogP contribution in [0.5, 0.6) is 0 Å². The van der Waals surface area contributed by atoms with Gasteiger partial charge in [0.25, 0.3) is 0 Å². The summed E-state index contributed by atoms with van der Waals surface area (Å²) in [4.78, 5) is 11.1. The first kappa shape index (κ1) is 11.3. The first-order valence-electron chi connectivity index (χ1n) is 4.33. The van der Waals surface area contributed by atoms with E-state index in [1.165, 1.54) is 11.8 Å². The molecule has 0 aromatic heterocycles. The molecule has 0 atom stereocenters. The highest BCUT2D eigenvalue weighted by Gasteiger charge is 1.93. The molecule has 0 spiro atoms. The molecule has 0 aliphatic carbocycles. The van der Waals surface area contributed by atoms with Crippen molar-refractivity contribution in [2.75, 3.05) is 5.75 Å². The Bertz CT molecular complexity index is 330. The zero-order chi connectivity index (χ0) is 10.4. The Labute approximate surface area is 93.2 Å². The fraction of sp³-hybridized carbons (Fsp3) is 0.182. The fourth-order valence-electron chi connectivity index (χ4n) is 0.929. The van der Waals surface area contributed by atoms with E-state index in [-0.39, 0.29) is 5.12 Å². The van der Waals surface area contributed by atoms with Gasteiger partial charge >= 0.3 is 0 Å². The molecule has 0 bridgehead atoms. The second kappa shape index (κ2) is 5.89. The van der Waals surface area contributed by atoms with E-state index < -0.39 is 0 Å². The molecule has 3 heteroatoms. The standard InChI is InChI=1S/C11H11ClOS/c1-2-14-11(13)8-5-9-3-6-10(12)7-4-9/h3-8H,2H2,1H3/b8-5+. The van der Waals surface area contributed by atoms with Crippen molar-refractivity contribution in [3.05, 3.63) is 40.9 Å². The number of carbonyl (C=O) groups excluding carboxylic acids is 1. The van der Waals surface area contributed by atoms with Gasteiger partial charge in [0.2, 0.25) is 5.12 Å². The lowest BCUT2D eigenvalue weighted by molar-refractivity contribution is -0.106. The van der Waals surface area contributed by atoms with Gasteiger partial charge in [-0.25, -0.2) is 0 Å². The molecule has 74 valence electrons. The summed E-state index contributed by atoms with van der Waals surface area (Å²) in [6, 6.07) is 7.36. The van der Waals surface area contributed by atoms with E-state index in [0.717, 1.165) is 11.3 Å². The van der Waals surface area contributed by atoms with Crippen LogP contribution in [-0.4, -0.2) is 10.9 Å². The minimum absolute atomic E-state index is 0.0856. The molecular formula is C11H11ClOS. The Balaban J connectivity index is 2.60. The van der Waals surface area contributed by atoms with E-state index in [1.54, 1.807) is 24.3 Å². The van der Waals surface area contributed by atoms with E-state index in [9.17, 15) is 4.79 Å². The minimum atomic E-state index is 0.0856. The molecule has 0 unspecified atom stereocenters. The summed E-state index contributed by atoms with van der Waals surface area (Å²) < 4.78 is 0. The molecule has 0 N–H and O–H groups in total. The molecule has 0 heterocycles. The molecular weight excluding hydrogens is 216 g/mol. The average molecular weight is 227 g/mol. The normalized spacial score (nSPS) is 10.7.